The zero-order chi connectivity index (χ0) is 20.2. The summed E-state index contributed by atoms with van der Waals surface area (Å²) in [6.45, 7) is 5.43. The molecule has 0 aromatic rings. The summed E-state index contributed by atoms with van der Waals surface area (Å²) >= 11 is 0. The summed E-state index contributed by atoms with van der Waals surface area (Å²) in [6, 6.07) is 0. The molecule has 0 heterocycles. The smallest absolute Gasteiger partial charge is 0.394 e. The third kappa shape index (κ3) is 19.9. The summed E-state index contributed by atoms with van der Waals surface area (Å²) in [5.74, 6) is -0.385. The van der Waals surface area contributed by atoms with Gasteiger partial charge in [0.05, 0.1) is 66.1 Å². The van der Waals surface area contributed by atoms with Gasteiger partial charge in [0.25, 0.3) is 0 Å². The fraction of sp³-hybridized carbons (Fsp3) is 0.800. The van der Waals surface area contributed by atoms with Gasteiger partial charge in [0.1, 0.15) is 6.61 Å². The Morgan fingerprint density at radius 1 is 0.926 bits per heavy atom. The lowest BCUT2D eigenvalue weighted by molar-refractivity contribution is -0.126. The SMILES string of the molecule is [CH2][CH]COP(=O)(O)OCCNC(=O)COCCOCCOCCOCCO. The van der Waals surface area contributed by atoms with E-state index in [1.54, 1.807) is 0 Å². The average molecular weight is 415 g/mol. The van der Waals surface area contributed by atoms with Crippen LogP contribution in [0, 0.1) is 13.3 Å². The summed E-state index contributed by atoms with van der Waals surface area (Å²) in [5, 5.41) is 11.0. The van der Waals surface area contributed by atoms with Gasteiger partial charge >= 0.3 is 7.82 Å². The van der Waals surface area contributed by atoms with E-state index >= 15 is 0 Å². The molecule has 3 N–H and O–H groups in total. The third-order valence-corrected chi connectivity index (χ3v) is 3.60. The van der Waals surface area contributed by atoms with Crippen molar-refractivity contribution in [1.29, 1.82) is 0 Å². The van der Waals surface area contributed by atoms with E-state index in [1.807, 2.05) is 0 Å². The van der Waals surface area contributed by atoms with Crippen molar-refractivity contribution in [2.24, 2.45) is 0 Å². The molecule has 0 bridgehead atoms. The number of carbonyl (C=O) groups is 1. The first-order chi connectivity index (χ1) is 13.0. The van der Waals surface area contributed by atoms with E-state index in [1.165, 1.54) is 6.42 Å². The third-order valence-electron chi connectivity index (χ3n) is 2.62. The zero-order valence-corrected chi connectivity index (χ0v) is 16.3. The van der Waals surface area contributed by atoms with Gasteiger partial charge in [-0.15, -0.1) is 0 Å². The molecule has 0 saturated heterocycles. The highest BCUT2D eigenvalue weighted by molar-refractivity contribution is 7.47. The van der Waals surface area contributed by atoms with Crippen LogP contribution in [0.15, 0.2) is 0 Å². The summed E-state index contributed by atoms with van der Waals surface area (Å²) in [4.78, 5) is 20.7. The number of hydrogen-bond acceptors (Lipinski definition) is 9. The molecule has 1 atom stereocenters. The Balaban J connectivity index is 3.34. The highest BCUT2D eigenvalue weighted by Gasteiger charge is 2.19. The van der Waals surface area contributed by atoms with Crippen molar-refractivity contribution in [2.75, 3.05) is 79.2 Å². The summed E-state index contributed by atoms with van der Waals surface area (Å²) in [7, 11) is -4.12. The number of ether oxygens (including phenoxy) is 4. The van der Waals surface area contributed by atoms with E-state index < -0.39 is 7.82 Å². The Hall–Kier alpha value is -0.620. The molecule has 160 valence electrons. The molecule has 0 aromatic heterocycles. The predicted molar refractivity (Wildman–Crippen MR) is 94.8 cm³/mol. The zero-order valence-electron chi connectivity index (χ0n) is 15.4. The standard InChI is InChI=1S/C15H30NO10P/c1-2-5-25-27(19,20)26-6-3-16-15(18)14-24-13-12-23-11-10-22-9-8-21-7-4-17/h2,17H,1,3-14H2,(H,16,18)(H,19,20). The van der Waals surface area contributed by atoms with E-state index in [0.717, 1.165) is 0 Å². The molecular formula is C15H30NO10P. The maximum atomic E-state index is 11.5. The number of amides is 1. The van der Waals surface area contributed by atoms with Crippen LogP contribution in [0.1, 0.15) is 0 Å². The van der Waals surface area contributed by atoms with E-state index in [4.69, 9.17) is 24.1 Å². The Labute approximate surface area is 159 Å². The molecule has 1 unspecified atom stereocenters. The van der Waals surface area contributed by atoms with Gasteiger partial charge in [-0.2, -0.15) is 0 Å². The highest BCUT2D eigenvalue weighted by atomic mass is 31.2. The summed E-state index contributed by atoms with van der Waals surface area (Å²) < 4.78 is 41.1. The number of nitrogens with one attached hydrogen (secondary N) is 1. The lowest BCUT2D eigenvalue weighted by atomic mass is 10.5. The van der Waals surface area contributed by atoms with E-state index in [0.29, 0.717) is 39.6 Å². The van der Waals surface area contributed by atoms with Crippen molar-refractivity contribution in [3.8, 4) is 0 Å². The maximum absolute atomic E-state index is 11.5. The maximum Gasteiger partial charge on any atom is 0.472 e. The van der Waals surface area contributed by atoms with Gasteiger partial charge in [-0.3, -0.25) is 13.8 Å². The van der Waals surface area contributed by atoms with Gasteiger partial charge in [-0.1, -0.05) is 0 Å². The Morgan fingerprint density at radius 3 is 2.04 bits per heavy atom. The van der Waals surface area contributed by atoms with Gasteiger partial charge in [-0.25, -0.2) is 4.57 Å². The van der Waals surface area contributed by atoms with Crippen LogP contribution >= 0.6 is 7.82 Å². The fourth-order valence-electron chi connectivity index (χ4n) is 1.48. The van der Waals surface area contributed by atoms with Gasteiger partial charge < -0.3 is 34.3 Å². The van der Waals surface area contributed by atoms with E-state index in [2.05, 4.69) is 21.3 Å². The van der Waals surface area contributed by atoms with Crippen LogP contribution in [0.25, 0.3) is 0 Å². The molecule has 0 aliphatic heterocycles. The largest absolute Gasteiger partial charge is 0.472 e. The van der Waals surface area contributed by atoms with Gasteiger partial charge in [0.15, 0.2) is 0 Å². The minimum Gasteiger partial charge on any atom is -0.394 e. The molecule has 0 saturated carbocycles. The molecule has 11 nitrogen and oxygen atoms in total. The quantitative estimate of drug-likeness (QED) is 0.173. The van der Waals surface area contributed by atoms with Crippen molar-refractivity contribution in [1.82, 2.24) is 5.32 Å². The van der Waals surface area contributed by atoms with Crippen LogP contribution in [0.2, 0.25) is 0 Å². The summed E-state index contributed by atoms with van der Waals surface area (Å²) in [5.41, 5.74) is 0. The number of phosphoric acid groups is 1. The molecule has 12 heteroatoms. The Bertz CT molecular complexity index is 399. The molecule has 0 aromatic carbocycles. The molecule has 0 spiro atoms. The molecule has 27 heavy (non-hydrogen) atoms. The number of aliphatic hydroxyl groups excluding tert-OH is 1. The van der Waals surface area contributed by atoms with Crippen LogP contribution in [0.4, 0.5) is 0 Å². The molecular weight excluding hydrogens is 385 g/mol. The Morgan fingerprint density at radius 2 is 1.48 bits per heavy atom. The van der Waals surface area contributed by atoms with E-state index in [9.17, 15) is 14.3 Å². The molecule has 1 amide bonds. The highest BCUT2D eigenvalue weighted by Crippen LogP contribution is 2.42. The second-order valence-corrected chi connectivity index (χ2v) is 6.30. The van der Waals surface area contributed by atoms with Gasteiger partial charge in [0.2, 0.25) is 5.91 Å². The first kappa shape index (κ1) is 26.4. The normalized spacial score (nSPS) is 13.4. The lowest BCUT2D eigenvalue weighted by Crippen LogP contribution is -2.31. The minimum absolute atomic E-state index is 0.00922. The van der Waals surface area contributed by atoms with Crippen molar-refractivity contribution in [3.63, 3.8) is 0 Å². The van der Waals surface area contributed by atoms with Crippen molar-refractivity contribution < 1.29 is 47.4 Å². The van der Waals surface area contributed by atoms with Crippen LogP contribution < -0.4 is 5.32 Å². The molecule has 0 rings (SSSR count). The lowest BCUT2D eigenvalue weighted by Gasteiger charge is -2.12. The van der Waals surface area contributed by atoms with Crippen LogP contribution in [0.5, 0.6) is 0 Å². The van der Waals surface area contributed by atoms with Crippen molar-refractivity contribution in [2.45, 2.75) is 0 Å². The van der Waals surface area contributed by atoms with Gasteiger partial charge in [-0.05, 0) is 13.3 Å². The Kier molecular flexibility index (Phi) is 18.3. The molecule has 0 aliphatic rings. The summed E-state index contributed by atoms with van der Waals surface area (Å²) in [6.07, 6.45) is 1.32. The van der Waals surface area contributed by atoms with Crippen LogP contribution in [-0.4, -0.2) is 95.1 Å². The number of aliphatic hydroxyl groups is 1. The fourth-order valence-corrected chi connectivity index (χ4v) is 2.17. The van der Waals surface area contributed by atoms with E-state index in [-0.39, 0.29) is 45.5 Å². The minimum atomic E-state index is -4.12. The second kappa shape index (κ2) is 18.7. The van der Waals surface area contributed by atoms with Crippen molar-refractivity contribution >= 4 is 13.7 Å². The monoisotopic (exact) mass is 415 g/mol. The average Bonchev–Trinajstić information content (AvgIpc) is 2.64. The first-order valence-electron chi connectivity index (χ1n) is 8.43. The number of hydrogen-bond donors (Lipinski definition) is 3. The van der Waals surface area contributed by atoms with Crippen LogP contribution in [0.3, 0.4) is 0 Å². The first-order valence-corrected chi connectivity index (χ1v) is 9.92. The number of carbonyl (C=O) groups excluding carboxylic acids is 1. The molecule has 0 aliphatic carbocycles. The topological polar surface area (TPSA) is 142 Å². The number of rotatable bonds is 20. The molecule has 0 fully saturated rings. The van der Waals surface area contributed by atoms with Crippen LogP contribution in [-0.2, 0) is 37.4 Å². The molecule has 2 radical (unpaired) electrons. The predicted octanol–water partition coefficient (Wildman–Crippen LogP) is -0.667. The second-order valence-electron chi connectivity index (χ2n) is 4.85. The van der Waals surface area contributed by atoms with Gasteiger partial charge in [0, 0.05) is 6.54 Å². The number of phosphoric ester groups is 1. The van der Waals surface area contributed by atoms with Crippen molar-refractivity contribution in [3.05, 3.63) is 13.3 Å².